The third kappa shape index (κ3) is 7.33. The molecule has 1 aromatic heterocycles. The number of halogens is 2. The molecule has 210 valence electrons. The van der Waals surface area contributed by atoms with Crippen LogP contribution in [0.15, 0.2) is 42.5 Å². The summed E-state index contributed by atoms with van der Waals surface area (Å²) in [5.74, 6) is -2.23. The van der Waals surface area contributed by atoms with E-state index in [2.05, 4.69) is 5.32 Å². The summed E-state index contributed by atoms with van der Waals surface area (Å²) in [5, 5.41) is 3.46. The Kier molecular flexibility index (Phi) is 10.8. The molecule has 39 heavy (non-hydrogen) atoms. The molecule has 0 aliphatic heterocycles. The second-order valence-corrected chi connectivity index (χ2v) is 10.1. The highest BCUT2D eigenvalue weighted by atomic mass is 32.1. The molecule has 0 saturated heterocycles. The van der Waals surface area contributed by atoms with E-state index in [1.165, 1.54) is 17.4 Å². The summed E-state index contributed by atoms with van der Waals surface area (Å²) in [4.78, 5) is 30.5. The lowest BCUT2D eigenvalue weighted by atomic mass is 10.0. The van der Waals surface area contributed by atoms with Crippen LogP contribution in [0.3, 0.4) is 0 Å². The zero-order valence-corrected chi connectivity index (χ0v) is 23.8. The van der Waals surface area contributed by atoms with Gasteiger partial charge in [-0.05, 0) is 64.2 Å². The minimum atomic E-state index is -0.809. The molecule has 0 aliphatic rings. The molecule has 1 N–H and O–H groups in total. The Hall–Kier alpha value is -3.50. The molecular formula is C29H35F2N3O4S. The molecule has 3 aromatic rings. The number of ether oxygens (including phenoxy) is 2. The number of nitrogens with zero attached hydrogens (tertiary/aromatic N) is 2. The van der Waals surface area contributed by atoms with Crippen molar-refractivity contribution in [3.05, 3.63) is 70.8 Å². The van der Waals surface area contributed by atoms with Gasteiger partial charge in [0.25, 0.3) is 0 Å². The Labute approximate surface area is 232 Å². The number of rotatable bonds is 12. The van der Waals surface area contributed by atoms with E-state index in [0.717, 1.165) is 39.7 Å². The van der Waals surface area contributed by atoms with Crippen LogP contribution in [-0.2, 0) is 22.6 Å². The van der Waals surface area contributed by atoms with Crippen LogP contribution in [0, 0.1) is 11.6 Å². The SMILES string of the molecule is CCCOC(=O)N(Cc1c(F)cccc1F)c1sc(-c2ccc(NCC)cc2)c(CN(C)C)c1C(=O)OCC. The van der Waals surface area contributed by atoms with Gasteiger partial charge < -0.3 is 19.7 Å². The van der Waals surface area contributed by atoms with Crippen LogP contribution in [0.1, 0.15) is 48.7 Å². The first kappa shape index (κ1) is 30.0. The zero-order chi connectivity index (χ0) is 28.5. The van der Waals surface area contributed by atoms with Crippen LogP contribution >= 0.6 is 11.3 Å². The Bertz CT molecular complexity index is 1260. The number of hydrogen-bond donors (Lipinski definition) is 1. The molecule has 0 aliphatic carbocycles. The van der Waals surface area contributed by atoms with Crippen LogP contribution < -0.4 is 10.2 Å². The highest BCUT2D eigenvalue weighted by molar-refractivity contribution is 7.20. The molecule has 0 radical (unpaired) electrons. The van der Waals surface area contributed by atoms with Gasteiger partial charge in [0.2, 0.25) is 0 Å². The van der Waals surface area contributed by atoms with Crippen molar-refractivity contribution in [1.82, 2.24) is 4.90 Å². The number of amides is 1. The van der Waals surface area contributed by atoms with E-state index in [-0.39, 0.29) is 29.3 Å². The molecule has 10 heteroatoms. The van der Waals surface area contributed by atoms with Crippen molar-refractivity contribution < 1.29 is 27.8 Å². The number of carbonyl (C=O) groups is 2. The van der Waals surface area contributed by atoms with Gasteiger partial charge >= 0.3 is 12.1 Å². The predicted molar refractivity (Wildman–Crippen MR) is 151 cm³/mol. The summed E-state index contributed by atoms with van der Waals surface area (Å²) >= 11 is 1.19. The van der Waals surface area contributed by atoms with Crippen LogP contribution in [-0.4, -0.2) is 50.8 Å². The number of hydrogen-bond acceptors (Lipinski definition) is 7. The van der Waals surface area contributed by atoms with Crippen LogP contribution in [0.25, 0.3) is 10.4 Å². The smallest absolute Gasteiger partial charge is 0.415 e. The van der Waals surface area contributed by atoms with Gasteiger partial charge in [-0.25, -0.2) is 18.4 Å². The average molecular weight is 560 g/mol. The fraction of sp³-hybridized carbons (Fsp3) is 0.379. The fourth-order valence-corrected chi connectivity index (χ4v) is 5.32. The molecule has 0 unspecified atom stereocenters. The second-order valence-electron chi connectivity index (χ2n) is 9.06. The zero-order valence-electron chi connectivity index (χ0n) is 23.0. The second kappa shape index (κ2) is 14.0. The first-order valence-electron chi connectivity index (χ1n) is 12.9. The molecule has 0 fully saturated rings. The van der Waals surface area contributed by atoms with Crippen molar-refractivity contribution in [1.29, 1.82) is 0 Å². The summed E-state index contributed by atoms with van der Waals surface area (Å²) in [7, 11) is 3.73. The van der Waals surface area contributed by atoms with Crippen LogP contribution in [0.2, 0.25) is 0 Å². The third-order valence-corrected chi connectivity index (χ3v) is 7.05. The Morgan fingerprint density at radius 1 is 0.923 bits per heavy atom. The van der Waals surface area contributed by atoms with Gasteiger partial charge in [0.15, 0.2) is 0 Å². The van der Waals surface area contributed by atoms with E-state index in [0.29, 0.717) is 18.5 Å². The van der Waals surface area contributed by atoms with Crippen molar-refractivity contribution in [2.24, 2.45) is 0 Å². The molecule has 0 saturated carbocycles. The van der Waals surface area contributed by atoms with E-state index in [1.807, 2.05) is 57.1 Å². The van der Waals surface area contributed by atoms with Gasteiger partial charge in [0.05, 0.1) is 25.3 Å². The molecule has 0 bridgehead atoms. The van der Waals surface area contributed by atoms with Gasteiger partial charge in [0, 0.05) is 34.8 Å². The van der Waals surface area contributed by atoms with Crippen molar-refractivity contribution in [3.8, 4) is 10.4 Å². The van der Waals surface area contributed by atoms with Crippen LogP contribution in [0.5, 0.6) is 0 Å². The first-order chi connectivity index (χ1) is 18.7. The Balaban J connectivity index is 2.27. The quantitative estimate of drug-likeness (QED) is 0.243. The van der Waals surface area contributed by atoms with E-state index >= 15 is 0 Å². The molecule has 1 amide bonds. The molecule has 2 aromatic carbocycles. The molecule has 3 rings (SSSR count). The molecular weight excluding hydrogens is 524 g/mol. The average Bonchev–Trinajstić information content (AvgIpc) is 3.26. The van der Waals surface area contributed by atoms with Crippen molar-refractivity contribution in [2.45, 2.75) is 40.3 Å². The Morgan fingerprint density at radius 3 is 2.15 bits per heavy atom. The van der Waals surface area contributed by atoms with E-state index in [4.69, 9.17) is 9.47 Å². The van der Waals surface area contributed by atoms with Gasteiger partial charge in [-0.1, -0.05) is 25.1 Å². The summed E-state index contributed by atoms with van der Waals surface area (Å²) in [6.45, 7) is 6.43. The summed E-state index contributed by atoms with van der Waals surface area (Å²) in [6, 6.07) is 11.2. The minimum Gasteiger partial charge on any atom is -0.462 e. The maximum absolute atomic E-state index is 14.7. The summed E-state index contributed by atoms with van der Waals surface area (Å²) in [5.41, 5.74) is 2.29. The standard InChI is InChI=1S/C29H35F2N3O4S/c1-6-16-38-29(36)34(18-21-23(30)10-9-11-24(21)31)27-25(28(35)37-8-3)22(17-33(4)5)26(39-27)19-12-14-20(15-13-19)32-7-2/h9-15,32H,6-8,16-18H2,1-5H3. The fourth-order valence-electron chi connectivity index (χ4n) is 4.03. The molecule has 1 heterocycles. The predicted octanol–water partition coefficient (Wildman–Crippen LogP) is 6.92. The van der Waals surface area contributed by atoms with Crippen molar-refractivity contribution >= 4 is 34.1 Å². The van der Waals surface area contributed by atoms with E-state index < -0.39 is 30.2 Å². The highest BCUT2D eigenvalue weighted by Gasteiger charge is 2.33. The van der Waals surface area contributed by atoms with Crippen molar-refractivity contribution in [2.75, 3.05) is 44.1 Å². The lowest BCUT2D eigenvalue weighted by Crippen LogP contribution is -2.33. The number of carbonyl (C=O) groups excluding carboxylic acids is 2. The van der Waals surface area contributed by atoms with Crippen molar-refractivity contribution in [3.63, 3.8) is 0 Å². The number of thiophene rings is 1. The molecule has 7 nitrogen and oxygen atoms in total. The maximum atomic E-state index is 14.7. The molecule has 0 spiro atoms. The topological polar surface area (TPSA) is 71.1 Å². The largest absolute Gasteiger partial charge is 0.462 e. The normalized spacial score (nSPS) is 11.0. The summed E-state index contributed by atoms with van der Waals surface area (Å²) in [6.07, 6.45) is -0.255. The number of anilines is 2. The number of nitrogens with one attached hydrogen (secondary N) is 1. The van der Waals surface area contributed by atoms with Gasteiger partial charge in [0.1, 0.15) is 16.6 Å². The lowest BCUT2D eigenvalue weighted by Gasteiger charge is -2.23. The Morgan fingerprint density at radius 2 is 1.59 bits per heavy atom. The van der Waals surface area contributed by atoms with Crippen LogP contribution in [0.4, 0.5) is 24.3 Å². The highest BCUT2D eigenvalue weighted by Crippen LogP contribution is 2.44. The summed E-state index contributed by atoms with van der Waals surface area (Å²) < 4.78 is 40.3. The van der Waals surface area contributed by atoms with Gasteiger partial charge in [-0.2, -0.15) is 0 Å². The third-order valence-electron chi connectivity index (χ3n) is 5.74. The first-order valence-corrected chi connectivity index (χ1v) is 13.7. The molecule has 0 atom stereocenters. The number of esters is 1. The lowest BCUT2D eigenvalue weighted by molar-refractivity contribution is 0.0526. The van der Waals surface area contributed by atoms with Gasteiger partial charge in [-0.15, -0.1) is 11.3 Å². The van der Waals surface area contributed by atoms with Gasteiger partial charge in [-0.3, -0.25) is 4.90 Å². The number of benzene rings is 2. The maximum Gasteiger partial charge on any atom is 0.415 e. The monoisotopic (exact) mass is 559 g/mol. The van der Waals surface area contributed by atoms with E-state index in [1.54, 1.807) is 6.92 Å². The minimum absolute atomic E-state index is 0.110. The van der Waals surface area contributed by atoms with E-state index in [9.17, 15) is 18.4 Å².